The molecule has 156 valence electrons. The van der Waals surface area contributed by atoms with Crippen LogP contribution in [0.5, 0.6) is 5.75 Å². The summed E-state index contributed by atoms with van der Waals surface area (Å²) < 4.78 is 5.58. The highest BCUT2D eigenvalue weighted by Gasteiger charge is 2.27. The van der Waals surface area contributed by atoms with Gasteiger partial charge in [-0.05, 0) is 25.0 Å². The monoisotopic (exact) mass is 400 g/mol. The Morgan fingerprint density at radius 2 is 1.69 bits per heavy atom. The Morgan fingerprint density at radius 1 is 0.966 bits per heavy atom. The number of hydrogen-bond donors (Lipinski definition) is 1. The van der Waals surface area contributed by atoms with Crippen LogP contribution in [0.4, 0.5) is 5.69 Å². The molecule has 0 radical (unpaired) electrons. The number of hydrogen-bond acceptors (Lipinski definition) is 5. The maximum Gasteiger partial charge on any atom is 0.234 e. The van der Waals surface area contributed by atoms with E-state index in [0.717, 1.165) is 18.5 Å². The second kappa shape index (κ2) is 8.82. The minimum atomic E-state index is -0.0514. The molecule has 8 nitrogen and oxygen atoms in total. The van der Waals surface area contributed by atoms with E-state index in [2.05, 4.69) is 10.2 Å². The minimum Gasteiger partial charge on any atom is -0.490 e. The van der Waals surface area contributed by atoms with Gasteiger partial charge in [0, 0.05) is 45.1 Å². The van der Waals surface area contributed by atoms with Crippen LogP contribution >= 0.6 is 0 Å². The number of para-hydroxylation sites is 2. The highest BCUT2D eigenvalue weighted by atomic mass is 16.5. The van der Waals surface area contributed by atoms with Gasteiger partial charge in [0.05, 0.1) is 18.8 Å². The van der Waals surface area contributed by atoms with E-state index in [1.165, 1.54) is 0 Å². The predicted octanol–water partition coefficient (Wildman–Crippen LogP) is 0.615. The molecule has 0 atom stereocenters. The number of piperazine rings is 1. The van der Waals surface area contributed by atoms with Crippen molar-refractivity contribution in [3.05, 3.63) is 24.3 Å². The van der Waals surface area contributed by atoms with Crippen molar-refractivity contribution in [3.8, 4) is 5.75 Å². The molecule has 1 aliphatic carbocycles. The van der Waals surface area contributed by atoms with Gasteiger partial charge in [-0.2, -0.15) is 0 Å². The summed E-state index contributed by atoms with van der Waals surface area (Å²) in [5.41, 5.74) is 0.772. The first-order valence-corrected chi connectivity index (χ1v) is 10.4. The first-order chi connectivity index (χ1) is 14.1. The van der Waals surface area contributed by atoms with Crippen LogP contribution in [0.3, 0.4) is 0 Å². The molecule has 0 bridgehead atoms. The van der Waals surface area contributed by atoms with Crippen LogP contribution in [0, 0.1) is 0 Å². The second-order valence-corrected chi connectivity index (χ2v) is 7.86. The summed E-state index contributed by atoms with van der Waals surface area (Å²) in [5, 5.41) is 2.99. The Morgan fingerprint density at radius 3 is 2.45 bits per heavy atom. The largest absolute Gasteiger partial charge is 0.490 e. The van der Waals surface area contributed by atoms with Crippen molar-refractivity contribution in [3.63, 3.8) is 0 Å². The summed E-state index contributed by atoms with van der Waals surface area (Å²) >= 11 is 0. The van der Waals surface area contributed by atoms with Crippen molar-refractivity contribution < 1.29 is 19.1 Å². The number of rotatable bonds is 6. The zero-order chi connectivity index (χ0) is 20.2. The smallest absolute Gasteiger partial charge is 0.234 e. The summed E-state index contributed by atoms with van der Waals surface area (Å²) in [6.45, 7) is 3.95. The van der Waals surface area contributed by atoms with Crippen molar-refractivity contribution in [2.45, 2.75) is 31.7 Å². The van der Waals surface area contributed by atoms with Crippen LogP contribution in [0.15, 0.2) is 24.3 Å². The normalized spacial score (nSPS) is 19.3. The Bertz CT molecular complexity index is 772. The first kappa shape index (κ1) is 19.7. The number of nitrogens with one attached hydrogen (secondary N) is 1. The van der Waals surface area contributed by atoms with E-state index in [1.807, 2.05) is 24.3 Å². The van der Waals surface area contributed by atoms with Crippen LogP contribution in [-0.4, -0.2) is 79.4 Å². The molecule has 0 spiro atoms. The molecular weight excluding hydrogens is 372 g/mol. The Kier molecular flexibility index (Phi) is 5.99. The summed E-state index contributed by atoms with van der Waals surface area (Å²) in [6, 6.07) is 7.85. The average molecular weight is 400 g/mol. The Labute approximate surface area is 170 Å². The molecule has 8 heteroatoms. The Hall–Kier alpha value is -2.61. The molecular formula is C21H28N4O4. The van der Waals surface area contributed by atoms with Gasteiger partial charge in [-0.25, -0.2) is 0 Å². The SMILES string of the molecule is O=C(CN1CCN(C(=O)CCC(=O)N2CCOc3ccccc32)CC1)NC1CC1. The average Bonchev–Trinajstić information content (AvgIpc) is 3.55. The molecule has 1 aromatic carbocycles. The lowest BCUT2D eigenvalue weighted by Crippen LogP contribution is -2.51. The van der Waals surface area contributed by atoms with E-state index < -0.39 is 0 Å². The summed E-state index contributed by atoms with van der Waals surface area (Å²) in [6.07, 6.45) is 2.57. The molecule has 2 heterocycles. The Balaban J connectivity index is 1.20. The number of ether oxygens (including phenoxy) is 1. The summed E-state index contributed by atoms with van der Waals surface area (Å²) in [7, 11) is 0. The number of nitrogens with zero attached hydrogens (tertiary/aromatic N) is 3. The molecule has 3 aliphatic rings. The molecule has 1 saturated carbocycles. The van der Waals surface area contributed by atoms with Crippen molar-refractivity contribution in [2.75, 3.05) is 50.8 Å². The number of anilines is 1. The number of carbonyl (C=O) groups excluding carboxylic acids is 3. The van der Waals surface area contributed by atoms with Gasteiger partial charge in [0.1, 0.15) is 12.4 Å². The second-order valence-electron chi connectivity index (χ2n) is 7.86. The lowest BCUT2D eigenvalue weighted by atomic mass is 10.2. The van der Waals surface area contributed by atoms with E-state index in [-0.39, 0.29) is 30.6 Å². The van der Waals surface area contributed by atoms with Crippen LogP contribution < -0.4 is 15.0 Å². The van der Waals surface area contributed by atoms with Crippen LogP contribution in [0.25, 0.3) is 0 Å². The highest BCUT2D eigenvalue weighted by Crippen LogP contribution is 2.31. The lowest BCUT2D eigenvalue weighted by Gasteiger charge is -2.34. The van der Waals surface area contributed by atoms with E-state index >= 15 is 0 Å². The number of carbonyl (C=O) groups is 3. The van der Waals surface area contributed by atoms with Gasteiger partial charge in [0.2, 0.25) is 17.7 Å². The van der Waals surface area contributed by atoms with Crippen LogP contribution in [0.2, 0.25) is 0 Å². The highest BCUT2D eigenvalue weighted by molar-refractivity contribution is 5.97. The third-order valence-corrected chi connectivity index (χ3v) is 5.62. The fourth-order valence-corrected chi connectivity index (χ4v) is 3.79. The molecule has 2 fully saturated rings. The van der Waals surface area contributed by atoms with Gasteiger partial charge in [0.15, 0.2) is 0 Å². The van der Waals surface area contributed by atoms with Gasteiger partial charge < -0.3 is 19.9 Å². The van der Waals surface area contributed by atoms with E-state index in [9.17, 15) is 14.4 Å². The molecule has 29 heavy (non-hydrogen) atoms. The quantitative estimate of drug-likeness (QED) is 0.757. The maximum absolute atomic E-state index is 12.7. The van der Waals surface area contributed by atoms with Crippen molar-refractivity contribution in [1.82, 2.24) is 15.1 Å². The van der Waals surface area contributed by atoms with Crippen molar-refractivity contribution >= 4 is 23.4 Å². The standard InChI is InChI=1S/C21H28N4O4/c26-19(22-16-5-6-16)15-23-9-11-24(12-10-23)20(27)7-8-21(28)25-13-14-29-18-4-2-1-3-17(18)25/h1-4,16H,5-15H2,(H,22,26). The fourth-order valence-electron chi connectivity index (χ4n) is 3.79. The lowest BCUT2D eigenvalue weighted by molar-refractivity contribution is -0.135. The summed E-state index contributed by atoms with van der Waals surface area (Å²) in [4.78, 5) is 42.7. The molecule has 4 rings (SSSR count). The maximum atomic E-state index is 12.7. The first-order valence-electron chi connectivity index (χ1n) is 10.4. The van der Waals surface area contributed by atoms with Crippen LogP contribution in [0.1, 0.15) is 25.7 Å². The third-order valence-electron chi connectivity index (χ3n) is 5.62. The van der Waals surface area contributed by atoms with Gasteiger partial charge in [0.25, 0.3) is 0 Å². The third kappa shape index (κ3) is 5.06. The molecule has 1 aromatic rings. The van der Waals surface area contributed by atoms with Gasteiger partial charge in [-0.3, -0.25) is 19.3 Å². The zero-order valence-corrected chi connectivity index (χ0v) is 16.6. The predicted molar refractivity (Wildman–Crippen MR) is 108 cm³/mol. The number of fused-ring (bicyclic) bond motifs is 1. The van der Waals surface area contributed by atoms with Crippen molar-refractivity contribution in [2.24, 2.45) is 0 Å². The van der Waals surface area contributed by atoms with Crippen molar-refractivity contribution in [1.29, 1.82) is 0 Å². The van der Waals surface area contributed by atoms with E-state index in [1.54, 1.807) is 9.80 Å². The topological polar surface area (TPSA) is 82.2 Å². The molecule has 0 unspecified atom stereocenters. The molecule has 3 amide bonds. The van der Waals surface area contributed by atoms with Gasteiger partial charge >= 0.3 is 0 Å². The van der Waals surface area contributed by atoms with E-state index in [4.69, 9.17) is 4.74 Å². The summed E-state index contributed by atoms with van der Waals surface area (Å²) in [5.74, 6) is 0.732. The van der Waals surface area contributed by atoms with Crippen LogP contribution in [-0.2, 0) is 14.4 Å². The molecule has 1 saturated heterocycles. The minimum absolute atomic E-state index is 0.00183. The molecule has 0 aromatic heterocycles. The number of benzene rings is 1. The molecule has 1 N–H and O–H groups in total. The van der Waals surface area contributed by atoms with E-state index in [0.29, 0.717) is 57.7 Å². The fraction of sp³-hybridized carbons (Fsp3) is 0.571. The van der Waals surface area contributed by atoms with Gasteiger partial charge in [-0.1, -0.05) is 12.1 Å². The molecule has 2 aliphatic heterocycles. The number of amides is 3. The zero-order valence-electron chi connectivity index (χ0n) is 16.6. The van der Waals surface area contributed by atoms with Gasteiger partial charge in [-0.15, -0.1) is 0 Å².